The summed E-state index contributed by atoms with van der Waals surface area (Å²) in [7, 11) is 0. The predicted octanol–water partition coefficient (Wildman–Crippen LogP) is 4.32. The molecule has 0 aliphatic carbocycles. The van der Waals surface area contributed by atoms with E-state index in [-0.39, 0.29) is 5.97 Å². The number of ether oxygens (including phenoxy) is 1. The van der Waals surface area contributed by atoms with Gasteiger partial charge in [-0.15, -0.1) is 0 Å². The van der Waals surface area contributed by atoms with Crippen LogP contribution in [-0.4, -0.2) is 5.97 Å². The van der Waals surface area contributed by atoms with Gasteiger partial charge in [0.05, 0.1) is 5.41 Å². The molecule has 0 spiro atoms. The van der Waals surface area contributed by atoms with E-state index in [9.17, 15) is 4.79 Å². The van der Waals surface area contributed by atoms with Crippen LogP contribution in [0.5, 0.6) is 0 Å². The first-order chi connectivity index (χ1) is 9.03. The van der Waals surface area contributed by atoms with Crippen LogP contribution in [0.15, 0.2) is 42.5 Å². The van der Waals surface area contributed by atoms with Gasteiger partial charge in [-0.05, 0) is 42.7 Å². The Balaban J connectivity index is 2.08. The van der Waals surface area contributed by atoms with Gasteiger partial charge in [-0.2, -0.15) is 0 Å². The van der Waals surface area contributed by atoms with Gasteiger partial charge in [-0.3, -0.25) is 4.79 Å². The lowest BCUT2D eigenvalue weighted by molar-refractivity contribution is -0.155. The van der Waals surface area contributed by atoms with Crippen LogP contribution in [0.1, 0.15) is 32.8 Å². The number of hydrogen-bond donors (Lipinski definition) is 0. The van der Waals surface area contributed by atoms with Crippen LogP contribution in [0.4, 0.5) is 0 Å². The zero-order valence-electron chi connectivity index (χ0n) is 11.8. The number of carbonyl (C=O) groups is 1. The van der Waals surface area contributed by atoms with Crippen LogP contribution >= 0.6 is 0 Å². The minimum atomic E-state index is -0.406. The molecule has 0 fully saturated rings. The van der Waals surface area contributed by atoms with Crippen molar-refractivity contribution in [1.29, 1.82) is 0 Å². The van der Waals surface area contributed by atoms with Crippen molar-refractivity contribution in [3.63, 3.8) is 0 Å². The zero-order chi connectivity index (χ0) is 13.9. The molecule has 0 radical (unpaired) electrons. The highest BCUT2D eigenvalue weighted by Gasteiger charge is 2.26. The Labute approximate surface area is 114 Å². The summed E-state index contributed by atoms with van der Waals surface area (Å²) in [5.41, 5.74) is 0.621. The Morgan fingerprint density at radius 1 is 1.11 bits per heavy atom. The lowest BCUT2D eigenvalue weighted by atomic mass is 9.91. The molecule has 0 amide bonds. The molecule has 2 aromatic rings. The molecule has 2 aromatic carbocycles. The van der Waals surface area contributed by atoms with Crippen molar-refractivity contribution in [2.45, 2.75) is 33.8 Å². The van der Waals surface area contributed by atoms with Crippen molar-refractivity contribution in [3.8, 4) is 0 Å². The lowest BCUT2D eigenvalue weighted by Crippen LogP contribution is -2.25. The molecule has 0 saturated heterocycles. The average Bonchev–Trinajstić information content (AvgIpc) is 2.44. The maximum Gasteiger partial charge on any atom is 0.311 e. The van der Waals surface area contributed by atoms with E-state index in [1.807, 2.05) is 39.0 Å². The number of fused-ring (bicyclic) bond motifs is 1. The lowest BCUT2D eigenvalue weighted by Gasteiger charge is -2.20. The van der Waals surface area contributed by atoms with Crippen molar-refractivity contribution in [2.24, 2.45) is 5.41 Å². The number of hydrogen-bond acceptors (Lipinski definition) is 2. The summed E-state index contributed by atoms with van der Waals surface area (Å²) < 4.78 is 5.39. The average molecular weight is 256 g/mol. The predicted molar refractivity (Wildman–Crippen MR) is 77.8 cm³/mol. The molecule has 100 valence electrons. The number of rotatable bonds is 4. The first-order valence-electron chi connectivity index (χ1n) is 6.68. The van der Waals surface area contributed by atoms with Crippen LogP contribution < -0.4 is 0 Å². The fourth-order valence-corrected chi connectivity index (χ4v) is 1.82. The normalized spacial score (nSPS) is 11.5. The fraction of sp³-hybridized carbons (Fsp3) is 0.353. The third kappa shape index (κ3) is 3.14. The molecule has 0 aromatic heterocycles. The van der Waals surface area contributed by atoms with Crippen molar-refractivity contribution in [3.05, 3.63) is 48.0 Å². The Morgan fingerprint density at radius 2 is 1.79 bits per heavy atom. The molecule has 0 atom stereocenters. The Bertz CT molecular complexity index is 585. The van der Waals surface area contributed by atoms with Gasteiger partial charge >= 0.3 is 5.97 Å². The summed E-state index contributed by atoms with van der Waals surface area (Å²) in [6, 6.07) is 14.3. The van der Waals surface area contributed by atoms with Crippen LogP contribution in [0.2, 0.25) is 0 Å². The van der Waals surface area contributed by atoms with Crippen LogP contribution in [0, 0.1) is 5.41 Å². The quantitative estimate of drug-likeness (QED) is 0.761. The number of esters is 1. The van der Waals surface area contributed by atoms with Crippen LogP contribution in [0.3, 0.4) is 0 Å². The van der Waals surface area contributed by atoms with E-state index < -0.39 is 5.41 Å². The standard InChI is InChI=1S/C17H20O2/c1-4-17(2,3)16(18)19-12-13-9-10-14-7-5-6-8-15(14)11-13/h5-11H,4,12H2,1-3H3. The summed E-state index contributed by atoms with van der Waals surface area (Å²) in [6.07, 6.45) is 0.781. The molecule has 0 heterocycles. The molecular formula is C17H20O2. The van der Waals surface area contributed by atoms with E-state index >= 15 is 0 Å². The van der Waals surface area contributed by atoms with E-state index in [4.69, 9.17) is 4.74 Å². The monoisotopic (exact) mass is 256 g/mol. The van der Waals surface area contributed by atoms with Gasteiger partial charge in [0.2, 0.25) is 0 Å². The zero-order valence-corrected chi connectivity index (χ0v) is 11.8. The highest BCUT2D eigenvalue weighted by Crippen LogP contribution is 2.23. The van der Waals surface area contributed by atoms with Gasteiger partial charge in [0.1, 0.15) is 6.61 Å². The van der Waals surface area contributed by atoms with Gasteiger partial charge in [0, 0.05) is 0 Å². The largest absolute Gasteiger partial charge is 0.460 e. The maximum atomic E-state index is 11.9. The summed E-state index contributed by atoms with van der Waals surface area (Å²) in [5.74, 6) is -0.136. The Hall–Kier alpha value is -1.83. The molecule has 2 nitrogen and oxygen atoms in total. The van der Waals surface area contributed by atoms with Crippen molar-refractivity contribution < 1.29 is 9.53 Å². The van der Waals surface area contributed by atoms with Gasteiger partial charge < -0.3 is 4.74 Å². The highest BCUT2D eigenvalue weighted by molar-refractivity contribution is 5.83. The van der Waals surface area contributed by atoms with E-state index in [2.05, 4.69) is 24.3 Å². The molecule has 0 N–H and O–H groups in total. The van der Waals surface area contributed by atoms with Gasteiger partial charge in [0.15, 0.2) is 0 Å². The number of benzene rings is 2. The Morgan fingerprint density at radius 3 is 2.47 bits per heavy atom. The molecule has 19 heavy (non-hydrogen) atoms. The molecule has 0 bridgehead atoms. The van der Waals surface area contributed by atoms with E-state index in [1.165, 1.54) is 10.8 Å². The molecule has 2 rings (SSSR count). The minimum Gasteiger partial charge on any atom is -0.460 e. The minimum absolute atomic E-state index is 0.136. The Kier molecular flexibility index (Phi) is 3.89. The molecular weight excluding hydrogens is 236 g/mol. The smallest absolute Gasteiger partial charge is 0.311 e. The summed E-state index contributed by atoms with van der Waals surface area (Å²) in [6.45, 7) is 6.16. The van der Waals surface area contributed by atoms with E-state index in [0.717, 1.165) is 12.0 Å². The molecule has 0 aliphatic heterocycles. The van der Waals surface area contributed by atoms with Gasteiger partial charge in [-0.1, -0.05) is 43.3 Å². The highest BCUT2D eigenvalue weighted by atomic mass is 16.5. The van der Waals surface area contributed by atoms with Crippen LogP contribution in [-0.2, 0) is 16.1 Å². The molecule has 2 heteroatoms. The second-order valence-electron chi connectivity index (χ2n) is 5.50. The first-order valence-corrected chi connectivity index (χ1v) is 6.68. The summed E-state index contributed by atoms with van der Waals surface area (Å²) >= 11 is 0. The third-order valence-electron chi connectivity index (χ3n) is 3.62. The molecule has 0 unspecified atom stereocenters. The van der Waals surface area contributed by atoms with E-state index in [1.54, 1.807) is 0 Å². The van der Waals surface area contributed by atoms with Crippen molar-refractivity contribution in [1.82, 2.24) is 0 Å². The molecule has 0 saturated carbocycles. The van der Waals surface area contributed by atoms with E-state index in [0.29, 0.717) is 6.61 Å². The topological polar surface area (TPSA) is 26.3 Å². The SMILES string of the molecule is CCC(C)(C)C(=O)OCc1ccc2ccccc2c1. The third-order valence-corrected chi connectivity index (χ3v) is 3.62. The van der Waals surface area contributed by atoms with Gasteiger partial charge in [0.25, 0.3) is 0 Å². The van der Waals surface area contributed by atoms with Crippen molar-refractivity contribution >= 4 is 16.7 Å². The second kappa shape index (κ2) is 5.43. The summed E-state index contributed by atoms with van der Waals surface area (Å²) in [4.78, 5) is 11.9. The van der Waals surface area contributed by atoms with Gasteiger partial charge in [-0.25, -0.2) is 0 Å². The fourth-order valence-electron chi connectivity index (χ4n) is 1.82. The maximum absolute atomic E-state index is 11.9. The van der Waals surface area contributed by atoms with Crippen LogP contribution in [0.25, 0.3) is 10.8 Å². The summed E-state index contributed by atoms with van der Waals surface area (Å²) in [5, 5.41) is 2.37. The second-order valence-corrected chi connectivity index (χ2v) is 5.50. The number of carbonyl (C=O) groups excluding carboxylic acids is 1. The molecule has 0 aliphatic rings. The van der Waals surface area contributed by atoms with Crippen molar-refractivity contribution in [2.75, 3.05) is 0 Å². The first kappa shape index (κ1) is 13.6.